The minimum atomic E-state index is -1.08. The molecule has 8 heteroatoms. The third-order valence-electron chi connectivity index (χ3n) is 5.05. The molecule has 2 aromatic carbocycles. The van der Waals surface area contributed by atoms with E-state index in [-0.39, 0.29) is 34.0 Å². The van der Waals surface area contributed by atoms with Crippen molar-refractivity contribution in [2.24, 2.45) is 0 Å². The molecule has 0 amide bonds. The molecular formula is C22H17ClN2O5. The van der Waals surface area contributed by atoms with Gasteiger partial charge in [0.15, 0.2) is 11.5 Å². The first kappa shape index (κ1) is 19.8. The zero-order valence-corrected chi connectivity index (χ0v) is 16.7. The van der Waals surface area contributed by atoms with Gasteiger partial charge in [-0.15, -0.1) is 0 Å². The van der Waals surface area contributed by atoms with Crippen LogP contribution in [0.15, 0.2) is 71.4 Å². The molecule has 0 aromatic heterocycles. The number of benzene rings is 2. The topological polar surface area (TPSA) is 98.5 Å². The summed E-state index contributed by atoms with van der Waals surface area (Å²) in [4.78, 5) is 38.0. The van der Waals surface area contributed by atoms with Gasteiger partial charge in [-0.2, -0.15) is 0 Å². The van der Waals surface area contributed by atoms with Crippen LogP contribution in [0.4, 0.5) is 0 Å². The number of Topliss-reactive ketones (excluding diaryl/α,β-unsaturated/α-hetero) is 2. The summed E-state index contributed by atoms with van der Waals surface area (Å²) in [5.41, 5.74) is 0.546. The number of ketones is 2. The van der Waals surface area contributed by atoms with Crippen LogP contribution in [-0.4, -0.2) is 23.0 Å². The van der Waals surface area contributed by atoms with Gasteiger partial charge in [0.1, 0.15) is 5.92 Å². The van der Waals surface area contributed by atoms with Gasteiger partial charge in [0.05, 0.1) is 10.5 Å². The first-order valence-corrected chi connectivity index (χ1v) is 9.80. The average Bonchev–Trinajstić information content (AvgIpc) is 2.75. The maximum Gasteiger partial charge on any atom is 0.317 e. The Morgan fingerprint density at radius 1 is 1.07 bits per heavy atom. The number of hydrogen-bond acceptors (Lipinski definition) is 6. The molecule has 1 aliphatic heterocycles. The number of fused-ring (bicyclic) bond motifs is 1. The summed E-state index contributed by atoms with van der Waals surface area (Å²) in [6, 6.07) is 12.8. The Morgan fingerprint density at radius 2 is 1.70 bits per heavy atom. The Hall–Kier alpha value is -3.45. The Labute approximate surface area is 177 Å². The van der Waals surface area contributed by atoms with Crippen molar-refractivity contribution < 1.29 is 19.2 Å². The van der Waals surface area contributed by atoms with Crippen LogP contribution >= 0.6 is 11.6 Å². The maximum atomic E-state index is 13.4. The summed E-state index contributed by atoms with van der Waals surface area (Å²) in [6.45, 7) is 2.30. The summed E-state index contributed by atoms with van der Waals surface area (Å²) in [7, 11) is 0. The molecule has 1 atom stereocenters. The predicted molar refractivity (Wildman–Crippen MR) is 110 cm³/mol. The highest BCUT2D eigenvalue weighted by molar-refractivity contribution is 6.30. The minimum absolute atomic E-state index is 0.0326. The van der Waals surface area contributed by atoms with Crippen LogP contribution in [0.5, 0.6) is 0 Å². The lowest BCUT2D eigenvalue weighted by Gasteiger charge is -2.30. The Bertz CT molecular complexity index is 1130. The summed E-state index contributed by atoms with van der Waals surface area (Å²) >= 11 is 5.99. The molecule has 1 aliphatic carbocycles. The molecule has 0 radical (unpaired) electrons. The van der Waals surface area contributed by atoms with E-state index in [0.29, 0.717) is 23.6 Å². The van der Waals surface area contributed by atoms with Crippen molar-refractivity contribution >= 4 is 23.2 Å². The van der Waals surface area contributed by atoms with Crippen molar-refractivity contribution in [1.29, 1.82) is 0 Å². The summed E-state index contributed by atoms with van der Waals surface area (Å²) in [5.74, 6) is -2.32. The first-order valence-electron chi connectivity index (χ1n) is 9.42. The first-order chi connectivity index (χ1) is 14.4. The number of carbonyl (C=O) groups excluding carboxylic acids is 2. The van der Waals surface area contributed by atoms with E-state index < -0.39 is 22.4 Å². The van der Waals surface area contributed by atoms with Gasteiger partial charge >= 0.3 is 5.70 Å². The highest BCUT2D eigenvalue weighted by atomic mass is 35.5. The van der Waals surface area contributed by atoms with Gasteiger partial charge in [-0.05, 0) is 24.1 Å². The third kappa shape index (κ3) is 3.17. The Kier molecular flexibility index (Phi) is 5.13. The van der Waals surface area contributed by atoms with E-state index in [1.807, 2.05) is 6.92 Å². The summed E-state index contributed by atoms with van der Waals surface area (Å²) in [6.07, 6.45) is 0.686. The van der Waals surface area contributed by atoms with Crippen molar-refractivity contribution in [2.75, 3.05) is 6.54 Å². The van der Waals surface area contributed by atoms with Crippen LogP contribution in [0.2, 0.25) is 5.02 Å². The normalized spacial score (nSPS) is 18.0. The standard InChI is InChI=1S/C22H17ClN2O5/c1-2-11-24-22-18(25(28)29)16(12-7-9-13(23)10-8-12)17-19(26)14-5-3-4-6-15(14)20(27)21(17)30-22/h3-10,16,24H,2,11H2,1H3. The van der Waals surface area contributed by atoms with Gasteiger partial charge in [0, 0.05) is 22.7 Å². The lowest BCUT2D eigenvalue weighted by atomic mass is 9.77. The molecule has 30 heavy (non-hydrogen) atoms. The van der Waals surface area contributed by atoms with Gasteiger partial charge in [0.25, 0.3) is 5.88 Å². The van der Waals surface area contributed by atoms with Crippen LogP contribution in [0.1, 0.15) is 45.5 Å². The van der Waals surface area contributed by atoms with Gasteiger partial charge in [-0.1, -0.05) is 54.9 Å². The molecule has 0 spiro atoms. The second-order valence-corrected chi connectivity index (χ2v) is 7.37. The fourth-order valence-corrected chi connectivity index (χ4v) is 3.82. The average molecular weight is 425 g/mol. The molecule has 0 fully saturated rings. The molecule has 2 aromatic rings. The number of carbonyl (C=O) groups is 2. The number of nitrogens with one attached hydrogen (secondary N) is 1. The van der Waals surface area contributed by atoms with Crippen molar-refractivity contribution in [3.05, 3.63) is 103 Å². The zero-order chi connectivity index (χ0) is 21.4. The number of nitro groups is 1. The number of nitrogens with zero attached hydrogens (tertiary/aromatic N) is 1. The van der Waals surface area contributed by atoms with E-state index in [2.05, 4.69) is 5.32 Å². The Balaban J connectivity index is 1.96. The number of allylic oxidation sites excluding steroid dienone is 2. The van der Waals surface area contributed by atoms with E-state index in [4.69, 9.17) is 16.3 Å². The molecule has 4 rings (SSSR count). The van der Waals surface area contributed by atoms with Crippen LogP contribution in [0.25, 0.3) is 0 Å². The van der Waals surface area contributed by atoms with E-state index in [9.17, 15) is 19.7 Å². The molecule has 1 unspecified atom stereocenters. The third-order valence-corrected chi connectivity index (χ3v) is 5.30. The Morgan fingerprint density at radius 3 is 2.30 bits per heavy atom. The van der Waals surface area contributed by atoms with Crippen LogP contribution in [-0.2, 0) is 4.74 Å². The molecule has 0 saturated heterocycles. The number of hydrogen-bond donors (Lipinski definition) is 1. The molecular weight excluding hydrogens is 408 g/mol. The van der Waals surface area contributed by atoms with E-state index in [0.717, 1.165) is 0 Å². The minimum Gasteiger partial charge on any atom is -0.431 e. The van der Waals surface area contributed by atoms with E-state index >= 15 is 0 Å². The van der Waals surface area contributed by atoms with Gasteiger partial charge in [-0.3, -0.25) is 19.7 Å². The lowest BCUT2D eigenvalue weighted by molar-refractivity contribution is -0.433. The summed E-state index contributed by atoms with van der Waals surface area (Å²) in [5, 5.41) is 15.4. The zero-order valence-electron chi connectivity index (χ0n) is 16.0. The van der Waals surface area contributed by atoms with Crippen molar-refractivity contribution in [3.63, 3.8) is 0 Å². The molecule has 2 aliphatic rings. The van der Waals surface area contributed by atoms with E-state index in [1.54, 1.807) is 48.5 Å². The molecule has 0 bridgehead atoms. The molecule has 7 nitrogen and oxygen atoms in total. The molecule has 1 N–H and O–H groups in total. The number of ether oxygens (including phenoxy) is 1. The van der Waals surface area contributed by atoms with Crippen molar-refractivity contribution in [3.8, 4) is 0 Å². The number of rotatable bonds is 5. The molecule has 0 saturated carbocycles. The molecule has 152 valence electrons. The predicted octanol–water partition coefficient (Wildman–Crippen LogP) is 4.23. The quantitative estimate of drug-likeness (QED) is 0.569. The van der Waals surface area contributed by atoms with Gasteiger partial charge in [0.2, 0.25) is 5.78 Å². The SMILES string of the molecule is CCCNC1=C([N+](=O)[O-])C(c2ccc(Cl)cc2)C2=C(O1)C(=O)c1ccccc1C2=O. The smallest absolute Gasteiger partial charge is 0.317 e. The van der Waals surface area contributed by atoms with E-state index in [1.165, 1.54) is 0 Å². The monoisotopic (exact) mass is 424 g/mol. The molecule has 1 heterocycles. The number of halogens is 1. The summed E-state index contributed by atoms with van der Waals surface area (Å²) < 4.78 is 5.69. The maximum absolute atomic E-state index is 13.4. The van der Waals surface area contributed by atoms with Gasteiger partial charge < -0.3 is 10.1 Å². The van der Waals surface area contributed by atoms with Crippen molar-refractivity contribution in [2.45, 2.75) is 19.3 Å². The highest BCUT2D eigenvalue weighted by Gasteiger charge is 2.48. The second-order valence-electron chi connectivity index (χ2n) is 6.93. The highest BCUT2D eigenvalue weighted by Crippen LogP contribution is 2.44. The van der Waals surface area contributed by atoms with Crippen LogP contribution in [0, 0.1) is 10.1 Å². The fourth-order valence-electron chi connectivity index (χ4n) is 3.69. The van der Waals surface area contributed by atoms with Crippen LogP contribution in [0.3, 0.4) is 0 Å². The second kappa shape index (κ2) is 7.76. The van der Waals surface area contributed by atoms with Gasteiger partial charge in [-0.25, -0.2) is 0 Å². The fraction of sp³-hybridized carbons (Fsp3) is 0.182. The van der Waals surface area contributed by atoms with Crippen LogP contribution < -0.4 is 5.32 Å². The largest absolute Gasteiger partial charge is 0.431 e. The lowest BCUT2D eigenvalue weighted by Crippen LogP contribution is -2.36. The van der Waals surface area contributed by atoms with Crippen molar-refractivity contribution in [1.82, 2.24) is 5.32 Å².